The minimum atomic E-state index is -1.04. The van der Waals surface area contributed by atoms with Crippen LogP contribution in [0.5, 0.6) is 5.75 Å². The second-order valence-electron chi connectivity index (χ2n) is 4.60. The summed E-state index contributed by atoms with van der Waals surface area (Å²) in [6.07, 6.45) is 1.19. The molecule has 112 valence electrons. The Morgan fingerprint density at radius 1 is 1.48 bits per heavy atom. The molecule has 0 spiro atoms. The highest BCUT2D eigenvalue weighted by molar-refractivity contribution is 5.87. The normalized spacial score (nSPS) is 12.1. The Balaban J connectivity index is 2.05. The lowest BCUT2D eigenvalue weighted by Gasteiger charge is -2.16. The molecule has 2 rings (SSSR count). The molecule has 1 aromatic heterocycles. The average Bonchev–Trinajstić information content (AvgIpc) is 2.94. The molecule has 0 aliphatic rings. The fourth-order valence-corrected chi connectivity index (χ4v) is 1.99. The number of carboxylic acids is 1. The lowest BCUT2D eigenvalue weighted by molar-refractivity contribution is 0.0696. The van der Waals surface area contributed by atoms with Gasteiger partial charge < -0.3 is 19.6 Å². The summed E-state index contributed by atoms with van der Waals surface area (Å²) in [5.74, 6) is -0.299. The van der Waals surface area contributed by atoms with Gasteiger partial charge in [-0.15, -0.1) is 0 Å². The molecule has 0 radical (unpaired) electrons. The molecule has 1 unspecified atom stereocenters. The molecule has 0 saturated carbocycles. The van der Waals surface area contributed by atoms with Crippen molar-refractivity contribution in [1.29, 1.82) is 0 Å². The van der Waals surface area contributed by atoms with Crippen LogP contribution in [0, 0.1) is 5.82 Å². The van der Waals surface area contributed by atoms with Crippen LogP contribution in [0.1, 0.15) is 34.6 Å². The summed E-state index contributed by atoms with van der Waals surface area (Å²) >= 11 is 0. The molecule has 1 atom stereocenters. The largest absolute Gasteiger partial charge is 0.496 e. The molecule has 1 aromatic carbocycles. The minimum Gasteiger partial charge on any atom is -0.496 e. The molecule has 0 bridgehead atoms. The van der Waals surface area contributed by atoms with Crippen molar-refractivity contribution < 1.29 is 23.4 Å². The molecule has 0 amide bonds. The number of carboxylic acid groups (broad SMARTS) is 1. The third-order valence-electron chi connectivity index (χ3n) is 3.14. The van der Waals surface area contributed by atoms with Crippen molar-refractivity contribution in [1.82, 2.24) is 5.32 Å². The molecule has 0 fully saturated rings. The molecule has 1 heterocycles. The number of hydrogen-bond acceptors (Lipinski definition) is 4. The number of hydrogen-bond donors (Lipinski definition) is 2. The number of carbonyl (C=O) groups is 1. The van der Waals surface area contributed by atoms with Gasteiger partial charge in [0.2, 0.25) is 0 Å². The number of aromatic carboxylic acids is 1. The van der Waals surface area contributed by atoms with Gasteiger partial charge >= 0.3 is 5.97 Å². The number of methoxy groups -OCH3 is 1. The van der Waals surface area contributed by atoms with E-state index in [0.717, 1.165) is 0 Å². The fraction of sp³-hybridized carbons (Fsp3) is 0.267. The van der Waals surface area contributed by atoms with Crippen LogP contribution in [0.25, 0.3) is 0 Å². The molecule has 2 aromatic rings. The lowest BCUT2D eigenvalue weighted by atomic mass is 10.1. The number of rotatable bonds is 6. The van der Waals surface area contributed by atoms with Crippen molar-refractivity contribution >= 4 is 5.97 Å². The van der Waals surface area contributed by atoms with Crippen LogP contribution in [-0.2, 0) is 6.54 Å². The van der Waals surface area contributed by atoms with Crippen LogP contribution in [0.4, 0.5) is 4.39 Å². The average molecular weight is 293 g/mol. The highest BCUT2D eigenvalue weighted by atomic mass is 19.1. The van der Waals surface area contributed by atoms with Gasteiger partial charge in [-0.1, -0.05) is 0 Å². The van der Waals surface area contributed by atoms with Crippen LogP contribution in [-0.4, -0.2) is 18.2 Å². The van der Waals surface area contributed by atoms with E-state index < -0.39 is 5.97 Å². The first kappa shape index (κ1) is 15.1. The topological polar surface area (TPSA) is 71.7 Å². The third kappa shape index (κ3) is 3.61. The van der Waals surface area contributed by atoms with E-state index in [-0.39, 0.29) is 17.4 Å². The molecule has 0 aliphatic carbocycles. The van der Waals surface area contributed by atoms with Crippen molar-refractivity contribution in [2.45, 2.75) is 19.5 Å². The van der Waals surface area contributed by atoms with E-state index in [1.165, 1.54) is 31.6 Å². The Morgan fingerprint density at radius 2 is 2.24 bits per heavy atom. The van der Waals surface area contributed by atoms with Crippen molar-refractivity contribution in [3.05, 3.63) is 53.2 Å². The summed E-state index contributed by atoms with van der Waals surface area (Å²) in [5, 5.41) is 11.9. The van der Waals surface area contributed by atoms with E-state index >= 15 is 0 Å². The lowest BCUT2D eigenvalue weighted by Crippen LogP contribution is -2.18. The SMILES string of the molecule is COc1ccc(F)cc1C(C)NCc1cc(C(=O)O)co1. The van der Waals surface area contributed by atoms with Gasteiger partial charge in [0.15, 0.2) is 0 Å². The second-order valence-corrected chi connectivity index (χ2v) is 4.60. The summed E-state index contributed by atoms with van der Waals surface area (Å²) in [4.78, 5) is 10.8. The Hall–Kier alpha value is -2.34. The zero-order chi connectivity index (χ0) is 15.4. The predicted molar refractivity (Wildman–Crippen MR) is 73.9 cm³/mol. The predicted octanol–water partition coefficient (Wildman–Crippen LogP) is 2.98. The van der Waals surface area contributed by atoms with Gasteiger partial charge in [0, 0.05) is 11.6 Å². The Bertz CT molecular complexity index is 638. The highest BCUT2D eigenvalue weighted by Crippen LogP contribution is 2.26. The smallest absolute Gasteiger partial charge is 0.338 e. The summed E-state index contributed by atoms with van der Waals surface area (Å²) in [7, 11) is 1.52. The van der Waals surface area contributed by atoms with Crippen LogP contribution in [0.2, 0.25) is 0 Å². The summed E-state index contributed by atoms with van der Waals surface area (Å²) in [6, 6.07) is 5.57. The summed E-state index contributed by atoms with van der Waals surface area (Å²) in [5.41, 5.74) is 0.783. The van der Waals surface area contributed by atoms with Gasteiger partial charge in [-0.05, 0) is 31.2 Å². The van der Waals surface area contributed by atoms with E-state index in [9.17, 15) is 9.18 Å². The maximum atomic E-state index is 13.3. The molecule has 2 N–H and O–H groups in total. The molecular formula is C15H16FNO4. The van der Waals surface area contributed by atoms with Crippen LogP contribution >= 0.6 is 0 Å². The maximum Gasteiger partial charge on any atom is 0.338 e. The van der Waals surface area contributed by atoms with Gasteiger partial charge in [0.25, 0.3) is 0 Å². The molecule has 5 nitrogen and oxygen atoms in total. The monoisotopic (exact) mass is 293 g/mol. The standard InChI is InChI=1S/C15H16FNO4/c1-9(13-6-11(16)3-4-14(13)20-2)17-7-12-5-10(8-21-12)15(18)19/h3-6,8-9,17H,7H2,1-2H3,(H,18,19). The molecule has 0 saturated heterocycles. The first-order valence-electron chi connectivity index (χ1n) is 6.38. The third-order valence-corrected chi connectivity index (χ3v) is 3.14. The van der Waals surface area contributed by atoms with E-state index in [4.69, 9.17) is 14.3 Å². The zero-order valence-corrected chi connectivity index (χ0v) is 11.7. The van der Waals surface area contributed by atoms with E-state index in [2.05, 4.69) is 5.32 Å². The minimum absolute atomic E-state index is 0.0998. The molecular weight excluding hydrogens is 277 g/mol. The molecule has 0 aliphatic heterocycles. The van der Waals surface area contributed by atoms with Crippen LogP contribution in [0.3, 0.4) is 0 Å². The maximum absolute atomic E-state index is 13.3. The van der Waals surface area contributed by atoms with Gasteiger partial charge in [0.05, 0.1) is 19.2 Å². The number of furan rings is 1. The number of ether oxygens (including phenoxy) is 1. The van der Waals surface area contributed by atoms with Gasteiger partial charge in [0.1, 0.15) is 23.6 Å². The first-order chi connectivity index (χ1) is 10.0. The Labute approximate surface area is 121 Å². The Morgan fingerprint density at radius 3 is 2.86 bits per heavy atom. The Kier molecular flexibility index (Phi) is 4.59. The van der Waals surface area contributed by atoms with Crippen LogP contribution < -0.4 is 10.1 Å². The van der Waals surface area contributed by atoms with Crippen LogP contribution in [0.15, 0.2) is 34.9 Å². The molecule has 21 heavy (non-hydrogen) atoms. The number of halogens is 1. The summed E-state index contributed by atoms with van der Waals surface area (Å²) in [6.45, 7) is 2.19. The van der Waals surface area contributed by atoms with Crippen molar-refractivity contribution in [2.24, 2.45) is 0 Å². The summed E-state index contributed by atoms with van der Waals surface area (Å²) < 4.78 is 23.7. The zero-order valence-electron chi connectivity index (χ0n) is 11.7. The molecule has 6 heteroatoms. The second kappa shape index (κ2) is 6.41. The quantitative estimate of drug-likeness (QED) is 0.856. The van der Waals surface area contributed by atoms with E-state index in [1.54, 1.807) is 6.07 Å². The first-order valence-corrected chi connectivity index (χ1v) is 6.38. The van der Waals surface area contributed by atoms with E-state index in [0.29, 0.717) is 23.6 Å². The van der Waals surface area contributed by atoms with Gasteiger partial charge in [-0.25, -0.2) is 9.18 Å². The van der Waals surface area contributed by atoms with Gasteiger partial charge in [-0.2, -0.15) is 0 Å². The number of benzene rings is 1. The number of nitrogens with one attached hydrogen (secondary N) is 1. The fourth-order valence-electron chi connectivity index (χ4n) is 1.99. The van der Waals surface area contributed by atoms with Crippen molar-refractivity contribution in [2.75, 3.05) is 7.11 Å². The van der Waals surface area contributed by atoms with Crippen molar-refractivity contribution in [3.63, 3.8) is 0 Å². The van der Waals surface area contributed by atoms with Gasteiger partial charge in [-0.3, -0.25) is 0 Å². The highest BCUT2D eigenvalue weighted by Gasteiger charge is 2.14. The van der Waals surface area contributed by atoms with Crippen molar-refractivity contribution in [3.8, 4) is 5.75 Å². The van der Waals surface area contributed by atoms with E-state index in [1.807, 2.05) is 6.92 Å².